The first-order valence-electron chi connectivity index (χ1n) is 6.56. The van der Waals surface area contributed by atoms with Gasteiger partial charge in [-0.15, -0.1) is 0 Å². The van der Waals surface area contributed by atoms with Crippen LogP contribution in [0.25, 0.3) is 5.69 Å². The van der Waals surface area contributed by atoms with Gasteiger partial charge in [0.05, 0.1) is 29.7 Å². The molecule has 3 N–H and O–H groups in total. The third-order valence-corrected chi connectivity index (χ3v) is 3.13. The number of nitrogens with zero attached hydrogens (tertiary/aromatic N) is 2. The Labute approximate surface area is 126 Å². The van der Waals surface area contributed by atoms with Crippen LogP contribution in [-0.2, 0) is 4.74 Å². The number of carbonyl (C=O) groups is 1. The maximum absolute atomic E-state index is 13.6. The van der Waals surface area contributed by atoms with Crippen LogP contribution in [0.1, 0.15) is 23.0 Å². The molecule has 0 saturated heterocycles. The molecule has 0 aliphatic heterocycles. The molecule has 0 aliphatic carbocycles. The van der Waals surface area contributed by atoms with Gasteiger partial charge in [-0.25, -0.2) is 9.18 Å². The van der Waals surface area contributed by atoms with Crippen LogP contribution in [0.5, 0.6) is 0 Å². The van der Waals surface area contributed by atoms with Crippen LogP contribution >= 0.6 is 0 Å². The number of rotatable bonds is 4. The van der Waals surface area contributed by atoms with E-state index in [1.165, 1.54) is 30.0 Å². The summed E-state index contributed by atoms with van der Waals surface area (Å²) in [5.74, 6) is -1.18. The average Bonchev–Trinajstić information content (AvgIpc) is 2.85. The molecule has 0 spiro atoms. The Balaban J connectivity index is 2.75. The van der Waals surface area contributed by atoms with Crippen molar-refractivity contribution in [2.75, 3.05) is 24.7 Å². The fraction of sp³-hybridized carbons (Fsp3) is 0.200. The molecule has 0 atom stereocenters. The molecule has 0 amide bonds. The molecule has 6 nitrogen and oxygen atoms in total. The fourth-order valence-electron chi connectivity index (χ4n) is 2.15. The van der Waals surface area contributed by atoms with Gasteiger partial charge >= 0.3 is 5.97 Å². The van der Waals surface area contributed by atoms with E-state index < -0.39 is 11.8 Å². The highest BCUT2D eigenvalue weighted by atomic mass is 19.1. The number of esters is 1. The number of anilines is 2. The molecule has 0 aliphatic rings. The highest BCUT2D eigenvalue weighted by Gasteiger charge is 2.23. The van der Waals surface area contributed by atoms with Crippen molar-refractivity contribution in [2.24, 2.45) is 0 Å². The first kappa shape index (κ1) is 15.4. The monoisotopic (exact) mass is 302 g/mol. The lowest BCUT2D eigenvalue weighted by molar-refractivity contribution is 0.0593. The summed E-state index contributed by atoms with van der Waals surface area (Å²) >= 11 is 0. The van der Waals surface area contributed by atoms with Crippen LogP contribution < -0.4 is 11.1 Å². The molecule has 2 rings (SSSR count). The Morgan fingerprint density at radius 3 is 2.86 bits per heavy atom. The third-order valence-electron chi connectivity index (χ3n) is 3.13. The van der Waals surface area contributed by atoms with Gasteiger partial charge in [-0.05, 0) is 25.1 Å². The number of benzene rings is 1. The van der Waals surface area contributed by atoms with E-state index in [0.717, 1.165) is 0 Å². The maximum atomic E-state index is 13.6. The van der Waals surface area contributed by atoms with Gasteiger partial charge in [0.2, 0.25) is 0 Å². The van der Waals surface area contributed by atoms with E-state index in [2.05, 4.69) is 5.32 Å². The predicted molar refractivity (Wildman–Crippen MR) is 80.4 cm³/mol. The highest BCUT2D eigenvalue weighted by Crippen LogP contribution is 2.29. The van der Waals surface area contributed by atoms with Crippen molar-refractivity contribution in [3.8, 4) is 11.8 Å². The van der Waals surface area contributed by atoms with Crippen molar-refractivity contribution in [3.05, 3.63) is 41.5 Å². The van der Waals surface area contributed by atoms with E-state index in [-0.39, 0.29) is 16.9 Å². The largest absolute Gasteiger partial charge is 0.464 e. The van der Waals surface area contributed by atoms with Gasteiger partial charge in [-0.2, -0.15) is 5.26 Å². The Morgan fingerprint density at radius 2 is 2.27 bits per heavy atom. The van der Waals surface area contributed by atoms with Crippen LogP contribution in [0.15, 0.2) is 24.4 Å². The zero-order valence-electron chi connectivity index (χ0n) is 12.2. The SMILES string of the molecule is CCNc1ccc(F)cc1-n1cc(C#N)c(N)c1C(=O)OC. The fourth-order valence-corrected chi connectivity index (χ4v) is 2.15. The quantitative estimate of drug-likeness (QED) is 0.845. The highest BCUT2D eigenvalue weighted by molar-refractivity contribution is 5.96. The second kappa shape index (κ2) is 6.18. The second-order valence-corrected chi connectivity index (χ2v) is 4.47. The van der Waals surface area contributed by atoms with Crippen molar-refractivity contribution >= 4 is 17.3 Å². The Morgan fingerprint density at radius 1 is 1.55 bits per heavy atom. The molecule has 1 aromatic heterocycles. The lowest BCUT2D eigenvalue weighted by Crippen LogP contribution is -2.13. The minimum atomic E-state index is -0.703. The van der Waals surface area contributed by atoms with Gasteiger partial charge in [-0.3, -0.25) is 0 Å². The molecular formula is C15H15FN4O2. The van der Waals surface area contributed by atoms with Gasteiger partial charge in [0.15, 0.2) is 5.69 Å². The number of carbonyl (C=O) groups excluding carboxylic acids is 1. The van der Waals surface area contributed by atoms with Crippen molar-refractivity contribution in [3.63, 3.8) is 0 Å². The molecule has 22 heavy (non-hydrogen) atoms. The van der Waals surface area contributed by atoms with Crippen LogP contribution in [0.2, 0.25) is 0 Å². The molecule has 1 heterocycles. The number of nitrogens with one attached hydrogen (secondary N) is 1. The Bertz CT molecular complexity index is 762. The summed E-state index contributed by atoms with van der Waals surface area (Å²) in [6.45, 7) is 2.49. The molecule has 0 bridgehead atoms. The number of hydrogen-bond donors (Lipinski definition) is 2. The van der Waals surface area contributed by atoms with E-state index in [1.54, 1.807) is 6.07 Å². The number of methoxy groups -OCH3 is 1. The van der Waals surface area contributed by atoms with E-state index in [0.29, 0.717) is 17.9 Å². The molecule has 114 valence electrons. The minimum absolute atomic E-state index is 0.000981. The van der Waals surface area contributed by atoms with Crippen molar-refractivity contribution < 1.29 is 13.9 Å². The average molecular weight is 302 g/mol. The first-order valence-corrected chi connectivity index (χ1v) is 6.56. The van der Waals surface area contributed by atoms with E-state index in [4.69, 9.17) is 15.7 Å². The number of nitrogen functional groups attached to an aromatic ring is 1. The van der Waals surface area contributed by atoms with Crippen LogP contribution in [-0.4, -0.2) is 24.2 Å². The van der Waals surface area contributed by atoms with Crippen molar-refractivity contribution in [2.45, 2.75) is 6.92 Å². The molecule has 0 unspecified atom stereocenters. The summed E-state index contributed by atoms with van der Waals surface area (Å²) < 4.78 is 19.7. The molecule has 0 saturated carbocycles. The van der Waals surface area contributed by atoms with Crippen molar-refractivity contribution in [1.82, 2.24) is 4.57 Å². The summed E-state index contributed by atoms with van der Waals surface area (Å²) in [6, 6.07) is 6.01. The van der Waals surface area contributed by atoms with Crippen LogP contribution in [0, 0.1) is 17.1 Å². The summed E-state index contributed by atoms with van der Waals surface area (Å²) in [4.78, 5) is 12.0. The molecule has 0 fully saturated rings. The van der Waals surface area contributed by atoms with Crippen molar-refractivity contribution in [1.29, 1.82) is 5.26 Å². The predicted octanol–water partition coefficient (Wildman–Crippen LogP) is 2.29. The summed E-state index contributed by atoms with van der Waals surface area (Å²) in [5.41, 5.74) is 6.92. The lowest BCUT2D eigenvalue weighted by Gasteiger charge is -2.14. The first-order chi connectivity index (χ1) is 10.5. The maximum Gasteiger partial charge on any atom is 0.357 e. The molecular weight excluding hydrogens is 287 g/mol. The lowest BCUT2D eigenvalue weighted by atomic mass is 10.2. The number of nitrogens with two attached hydrogens (primary N) is 1. The van der Waals surface area contributed by atoms with E-state index >= 15 is 0 Å². The summed E-state index contributed by atoms with van der Waals surface area (Å²) in [7, 11) is 1.21. The standard InChI is InChI=1S/C15H15FN4O2/c1-3-19-11-5-4-10(16)6-12(11)20-8-9(7-17)13(18)14(20)15(21)22-2/h4-6,8,19H,3,18H2,1-2H3. The molecule has 0 radical (unpaired) electrons. The smallest absolute Gasteiger partial charge is 0.357 e. The molecule has 2 aromatic rings. The number of hydrogen-bond acceptors (Lipinski definition) is 5. The minimum Gasteiger partial charge on any atom is -0.464 e. The second-order valence-electron chi connectivity index (χ2n) is 4.47. The number of aromatic nitrogens is 1. The summed E-state index contributed by atoms with van der Waals surface area (Å²) in [6.07, 6.45) is 1.39. The Hall–Kier alpha value is -3.01. The van der Waals surface area contributed by atoms with E-state index in [9.17, 15) is 9.18 Å². The number of ether oxygens (including phenoxy) is 1. The zero-order chi connectivity index (χ0) is 16.3. The Kier molecular flexibility index (Phi) is 4.32. The third kappa shape index (κ3) is 2.59. The zero-order valence-corrected chi connectivity index (χ0v) is 12.2. The topological polar surface area (TPSA) is 93.1 Å². The van der Waals surface area contributed by atoms with Gasteiger partial charge in [0.25, 0.3) is 0 Å². The normalized spacial score (nSPS) is 10.1. The van der Waals surface area contributed by atoms with Gasteiger partial charge < -0.3 is 20.4 Å². The van der Waals surface area contributed by atoms with Gasteiger partial charge in [0, 0.05) is 12.7 Å². The molecule has 1 aromatic carbocycles. The molecule has 7 heteroatoms. The summed E-state index contributed by atoms with van der Waals surface area (Å²) in [5, 5.41) is 12.2. The number of halogens is 1. The van der Waals surface area contributed by atoms with Gasteiger partial charge in [0.1, 0.15) is 11.9 Å². The van der Waals surface area contributed by atoms with Crippen LogP contribution in [0.4, 0.5) is 15.8 Å². The van der Waals surface area contributed by atoms with Crippen LogP contribution in [0.3, 0.4) is 0 Å². The van der Waals surface area contributed by atoms with E-state index in [1.807, 2.05) is 13.0 Å². The number of nitriles is 1. The van der Waals surface area contributed by atoms with Gasteiger partial charge in [-0.1, -0.05) is 0 Å².